The van der Waals surface area contributed by atoms with E-state index >= 15 is 0 Å². The summed E-state index contributed by atoms with van der Waals surface area (Å²) in [5.41, 5.74) is 2.92. The standard InChI is InChI=1S/C23H29N3O3/c1-17-8-9-19(15-18(17)2)22(27)24-21(16-20-7-4-14-29-20)23(28)26-12-5-10-25(3)11-6-13-26/h4,7-9,14-16H,5-6,10-13H2,1-3H3,(H,24,27)/b21-16-. The highest BCUT2D eigenvalue weighted by Crippen LogP contribution is 2.14. The second-order valence-corrected chi connectivity index (χ2v) is 7.63. The van der Waals surface area contributed by atoms with Crippen LogP contribution in [0.25, 0.3) is 6.08 Å². The first-order valence-electron chi connectivity index (χ1n) is 10.1. The van der Waals surface area contributed by atoms with E-state index in [9.17, 15) is 9.59 Å². The number of carbonyl (C=O) groups excluding carboxylic acids is 2. The maximum atomic E-state index is 13.2. The minimum Gasteiger partial charge on any atom is -0.465 e. The van der Waals surface area contributed by atoms with E-state index in [-0.39, 0.29) is 17.5 Å². The summed E-state index contributed by atoms with van der Waals surface area (Å²) in [6, 6.07) is 9.05. The predicted molar refractivity (Wildman–Crippen MR) is 113 cm³/mol. The minimum absolute atomic E-state index is 0.178. The van der Waals surface area contributed by atoms with Gasteiger partial charge in [0.15, 0.2) is 0 Å². The SMILES string of the molecule is Cc1ccc(C(=O)N/C(=C\c2ccco2)C(=O)N2CCCN(C)CCC2)cc1C. The van der Waals surface area contributed by atoms with Crippen LogP contribution in [0.5, 0.6) is 0 Å². The van der Waals surface area contributed by atoms with Gasteiger partial charge in [0.2, 0.25) is 0 Å². The zero-order chi connectivity index (χ0) is 20.8. The van der Waals surface area contributed by atoms with Gasteiger partial charge < -0.3 is 19.5 Å². The van der Waals surface area contributed by atoms with E-state index in [1.807, 2.05) is 30.9 Å². The van der Waals surface area contributed by atoms with E-state index < -0.39 is 0 Å². The molecule has 2 heterocycles. The van der Waals surface area contributed by atoms with Crippen molar-refractivity contribution in [2.75, 3.05) is 33.2 Å². The van der Waals surface area contributed by atoms with Crippen LogP contribution < -0.4 is 5.32 Å². The van der Waals surface area contributed by atoms with E-state index in [0.29, 0.717) is 24.4 Å². The number of hydrogen-bond acceptors (Lipinski definition) is 4. The van der Waals surface area contributed by atoms with E-state index in [0.717, 1.165) is 37.1 Å². The zero-order valence-electron chi connectivity index (χ0n) is 17.4. The van der Waals surface area contributed by atoms with Crippen LogP contribution >= 0.6 is 0 Å². The number of rotatable bonds is 4. The Balaban J connectivity index is 1.81. The first-order valence-corrected chi connectivity index (χ1v) is 10.1. The van der Waals surface area contributed by atoms with E-state index in [1.165, 1.54) is 0 Å². The Morgan fingerprint density at radius 3 is 2.38 bits per heavy atom. The molecule has 0 aliphatic carbocycles. The van der Waals surface area contributed by atoms with Crippen LogP contribution in [-0.2, 0) is 4.79 Å². The van der Waals surface area contributed by atoms with Crippen LogP contribution in [0, 0.1) is 13.8 Å². The molecule has 0 saturated carbocycles. The fourth-order valence-electron chi connectivity index (χ4n) is 3.40. The second-order valence-electron chi connectivity index (χ2n) is 7.63. The summed E-state index contributed by atoms with van der Waals surface area (Å²) in [5, 5.41) is 2.82. The van der Waals surface area contributed by atoms with Crippen molar-refractivity contribution in [3.05, 3.63) is 64.7 Å². The minimum atomic E-state index is -0.300. The summed E-state index contributed by atoms with van der Waals surface area (Å²) in [6.07, 6.45) is 4.96. The molecule has 1 aliphatic rings. The molecule has 1 N–H and O–H groups in total. The summed E-state index contributed by atoms with van der Waals surface area (Å²) in [4.78, 5) is 30.2. The normalized spacial score (nSPS) is 16.2. The molecule has 29 heavy (non-hydrogen) atoms. The van der Waals surface area contributed by atoms with Gasteiger partial charge in [-0.1, -0.05) is 6.07 Å². The summed E-state index contributed by atoms with van der Waals surface area (Å²) in [5.74, 6) is 0.0506. The largest absolute Gasteiger partial charge is 0.465 e. The number of furan rings is 1. The fraction of sp³-hybridized carbons (Fsp3) is 0.391. The molecule has 1 aliphatic heterocycles. The number of hydrogen-bond donors (Lipinski definition) is 1. The maximum absolute atomic E-state index is 13.2. The Bertz CT molecular complexity index is 877. The highest BCUT2D eigenvalue weighted by Gasteiger charge is 2.22. The lowest BCUT2D eigenvalue weighted by Gasteiger charge is -2.29. The van der Waals surface area contributed by atoms with Crippen molar-refractivity contribution in [2.45, 2.75) is 26.7 Å². The van der Waals surface area contributed by atoms with Crippen molar-refractivity contribution >= 4 is 17.9 Å². The third kappa shape index (κ3) is 5.57. The van der Waals surface area contributed by atoms with Crippen LogP contribution in [0.15, 0.2) is 46.7 Å². The predicted octanol–water partition coefficient (Wildman–Crippen LogP) is 3.22. The molecule has 1 aromatic carbocycles. The zero-order valence-corrected chi connectivity index (χ0v) is 17.4. The summed E-state index contributed by atoms with van der Waals surface area (Å²) < 4.78 is 5.38. The van der Waals surface area contributed by atoms with Crippen LogP contribution in [0.4, 0.5) is 0 Å². The van der Waals surface area contributed by atoms with Gasteiger partial charge >= 0.3 is 0 Å². The average Bonchev–Trinajstić information content (AvgIpc) is 3.18. The van der Waals surface area contributed by atoms with Gasteiger partial charge in [0.05, 0.1) is 6.26 Å². The molecule has 0 bridgehead atoms. The molecule has 3 rings (SSSR count). The van der Waals surface area contributed by atoms with Crippen molar-refractivity contribution < 1.29 is 14.0 Å². The number of aryl methyl sites for hydroxylation is 2. The van der Waals surface area contributed by atoms with Crippen molar-refractivity contribution in [1.29, 1.82) is 0 Å². The van der Waals surface area contributed by atoms with E-state index in [4.69, 9.17) is 4.42 Å². The van der Waals surface area contributed by atoms with Crippen molar-refractivity contribution in [3.63, 3.8) is 0 Å². The quantitative estimate of drug-likeness (QED) is 0.808. The molecule has 2 aromatic rings. The summed E-state index contributed by atoms with van der Waals surface area (Å²) in [7, 11) is 2.10. The first kappa shape index (κ1) is 20.9. The molecule has 1 aromatic heterocycles. The van der Waals surface area contributed by atoms with Crippen LogP contribution in [0.1, 0.15) is 40.1 Å². The lowest BCUT2D eigenvalue weighted by molar-refractivity contribution is -0.127. The Kier molecular flexibility index (Phi) is 6.88. The smallest absolute Gasteiger partial charge is 0.270 e. The number of amides is 2. The maximum Gasteiger partial charge on any atom is 0.270 e. The van der Waals surface area contributed by atoms with Crippen molar-refractivity contribution in [3.8, 4) is 0 Å². The van der Waals surface area contributed by atoms with Gasteiger partial charge in [-0.15, -0.1) is 0 Å². The van der Waals surface area contributed by atoms with Crippen LogP contribution in [0.3, 0.4) is 0 Å². The highest BCUT2D eigenvalue weighted by molar-refractivity contribution is 6.05. The number of nitrogens with zero attached hydrogens (tertiary/aromatic N) is 2. The Morgan fingerprint density at radius 2 is 1.76 bits per heavy atom. The Hall–Kier alpha value is -2.86. The molecule has 0 atom stereocenters. The lowest BCUT2D eigenvalue weighted by Crippen LogP contribution is -2.42. The fourth-order valence-corrected chi connectivity index (χ4v) is 3.40. The molecular formula is C23H29N3O3. The summed E-state index contributed by atoms with van der Waals surface area (Å²) >= 11 is 0. The van der Waals surface area contributed by atoms with Gasteiger partial charge in [-0.05, 0) is 82.2 Å². The number of nitrogens with one attached hydrogen (secondary N) is 1. The van der Waals surface area contributed by atoms with Crippen molar-refractivity contribution in [2.24, 2.45) is 0 Å². The molecule has 6 heteroatoms. The molecule has 1 saturated heterocycles. The Morgan fingerprint density at radius 1 is 1.03 bits per heavy atom. The molecule has 0 radical (unpaired) electrons. The summed E-state index contributed by atoms with van der Waals surface area (Å²) in [6.45, 7) is 7.21. The monoisotopic (exact) mass is 395 g/mol. The van der Waals surface area contributed by atoms with Gasteiger partial charge in [-0.3, -0.25) is 9.59 Å². The van der Waals surface area contributed by atoms with Crippen molar-refractivity contribution in [1.82, 2.24) is 15.1 Å². The van der Waals surface area contributed by atoms with E-state index in [2.05, 4.69) is 17.3 Å². The van der Waals surface area contributed by atoms with Crippen LogP contribution in [-0.4, -0.2) is 54.8 Å². The molecular weight excluding hydrogens is 366 g/mol. The first-order chi connectivity index (χ1) is 13.9. The van der Waals surface area contributed by atoms with Gasteiger partial charge in [0.25, 0.3) is 11.8 Å². The van der Waals surface area contributed by atoms with Gasteiger partial charge in [-0.25, -0.2) is 0 Å². The van der Waals surface area contributed by atoms with Gasteiger partial charge in [-0.2, -0.15) is 0 Å². The molecule has 2 amide bonds. The lowest BCUT2D eigenvalue weighted by atomic mass is 10.1. The van der Waals surface area contributed by atoms with Gasteiger partial charge in [0.1, 0.15) is 11.5 Å². The molecule has 1 fully saturated rings. The highest BCUT2D eigenvalue weighted by atomic mass is 16.3. The van der Waals surface area contributed by atoms with Crippen LogP contribution in [0.2, 0.25) is 0 Å². The second kappa shape index (κ2) is 9.56. The third-order valence-electron chi connectivity index (χ3n) is 5.30. The van der Waals surface area contributed by atoms with E-state index in [1.54, 1.807) is 30.5 Å². The molecule has 0 unspecified atom stereocenters. The number of carbonyl (C=O) groups is 2. The number of benzene rings is 1. The van der Waals surface area contributed by atoms with Gasteiger partial charge in [0, 0.05) is 24.7 Å². The average molecular weight is 396 g/mol. The topological polar surface area (TPSA) is 65.8 Å². The molecule has 154 valence electrons. The third-order valence-corrected chi connectivity index (χ3v) is 5.30. The Labute approximate surface area is 172 Å². The molecule has 6 nitrogen and oxygen atoms in total. The molecule has 0 spiro atoms.